The summed E-state index contributed by atoms with van der Waals surface area (Å²) in [6, 6.07) is 13.8. The molecule has 6 heteroatoms. The highest BCUT2D eigenvalue weighted by Crippen LogP contribution is 2.25. The van der Waals surface area contributed by atoms with E-state index in [2.05, 4.69) is 22.1 Å². The van der Waals surface area contributed by atoms with Crippen molar-refractivity contribution >= 4 is 17.3 Å². The second-order valence-electron chi connectivity index (χ2n) is 6.97. The molecule has 1 aromatic heterocycles. The van der Waals surface area contributed by atoms with E-state index in [4.69, 9.17) is 0 Å². The molecule has 2 aromatic carbocycles. The number of imidazole rings is 1. The first kappa shape index (κ1) is 17.3. The number of anilines is 2. The lowest BCUT2D eigenvalue weighted by molar-refractivity contribution is 0.102. The Hall–Kier alpha value is -3.15. The molecule has 0 spiro atoms. The minimum absolute atomic E-state index is 0.264. The molecule has 1 saturated heterocycles. The zero-order chi connectivity index (χ0) is 18.8. The first-order valence-electron chi connectivity index (χ1n) is 9.05. The molecule has 1 amide bonds. The van der Waals surface area contributed by atoms with Gasteiger partial charge in [-0.25, -0.2) is 9.37 Å². The zero-order valence-electron chi connectivity index (χ0n) is 15.1. The van der Waals surface area contributed by atoms with Crippen molar-refractivity contribution in [2.24, 2.45) is 5.92 Å². The predicted octanol–water partition coefficient (Wildman–Crippen LogP) is 4.11. The molecular weight excluding hydrogens is 343 g/mol. The SMILES string of the molecule is CC1CCN(c2ccc(NC(=O)c3cncn3-c3ccc(F)cc3)cc2)C1. The largest absolute Gasteiger partial charge is 0.371 e. The molecule has 1 fully saturated rings. The van der Waals surface area contributed by atoms with Crippen molar-refractivity contribution in [3.63, 3.8) is 0 Å². The fraction of sp³-hybridized carbons (Fsp3) is 0.238. The number of carbonyl (C=O) groups excluding carboxylic acids is 1. The summed E-state index contributed by atoms with van der Waals surface area (Å²) in [5.41, 5.74) is 2.97. The minimum Gasteiger partial charge on any atom is -0.371 e. The van der Waals surface area contributed by atoms with Gasteiger partial charge in [0.1, 0.15) is 11.5 Å². The van der Waals surface area contributed by atoms with Crippen LogP contribution in [0.5, 0.6) is 0 Å². The molecule has 1 unspecified atom stereocenters. The van der Waals surface area contributed by atoms with Crippen molar-refractivity contribution in [3.8, 4) is 5.69 Å². The van der Waals surface area contributed by atoms with E-state index < -0.39 is 0 Å². The van der Waals surface area contributed by atoms with Gasteiger partial charge in [-0.05, 0) is 60.9 Å². The van der Waals surface area contributed by atoms with Gasteiger partial charge in [-0.15, -0.1) is 0 Å². The predicted molar refractivity (Wildman–Crippen MR) is 104 cm³/mol. The maximum atomic E-state index is 13.1. The van der Waals surface area contributed by atoms with Crippen molar-refractivity contribution in [2.45, 2.75) is 13.3 Å². The highest BCUT2D eigenvalue weighted by Gasteiger charge is 2.19. The van der Waals surface area contributed by atoms with Gasteiger partial charge in [-0.3, -0.25) is 9.36 Å². The van der Waals surface area contributed by atoms with Crippen LogP contribution in [0.2, 0.25) is 0 Å². The van der Waals surface area contributed by atoms with Gasteiger partial charge in [0.15, 0.2) is 0 Å². The highest BCUT2D eigenvalue weighted by atomic mass is 19.1. The Kier molecular flexibility index (Phi) is 4.62. The molecule has 1 aliphatic heterocycles. The maximum Gasteiger partial charge on any atom is 0.274 e. The summed E-state index contributed by atoms with van der Waals surface area (Å²) in [5.74, 6) is 0.132. The normalized spacial score (nSPS) is 16.5. The van der Waals surface area contributed by atoms with Crippen molar-refractivity contribution in [3.05, 3.63) is 72.6 Å². The van der Waals surface area contributed by atoms with Gasteiger partial charge in [-0.2, -0.15) is 0 Å². The Bertz CT molecular complexity index is 934. The van der Waals surface area contributed by atoms with Crippen LogP contribution < -0.4 is 10.2 Å². The fourth-order valence-corrected chi connectivity index (χ4v) is 3.39. The lowest BCUT2D eigenvalue weighted by Gasteiger charge is -2.18. The van der Waals surface area contributed by atoms with Crippen molar-refractivity contribution < 1.29 is 9.18 Å². The first-order chi connectivity index (χ1) is 13.1. The van der Waals surface area contributed by atoms with Crippen LogP contribution in [0.1, 0.15) is 23.8 Å². The molecule has 27 heavy (non-hydrogen) atoms. The molecule has 2 heterocycles. The summed E-state index contributed by atoms with van der Waals surface area (Å²) >= 11 is 0. The van der Waals surface area contributed by atoms with Gasteiger partial charge in [-0.1, -0.05) is 6.92 Å². The van der Waals surface area contributed by atoms with Gasteiger partial charge in [0.2, 0.25) is 0 Å². The molecule has 0 saturated carbocycles. The second kappa shape index (κ2) is 7.23. The van der Waals surface area contributed by atoms with Gasteiger partial charge < -0.3 is 10.2 Å². The van der Waals surface area contributed by atoms with Crippen LogP contribution >= 0.6 is 0 Å². The standard InChI is InChI=1S/C21H21FN4O/c1-15-10-11-25(13-15)18-8-4-17(5-9-18)24-21(27)20-12-23-14-26(20)19-6-2-16(22)3-7-19/h2-9,12,14-15H,10-11,13H2,1H3,(H,24,27). The van der Waals surface area contributed by atoms with E-state index in [1.807, 2.05) is 24.3 Å². The first-order valence-corrected chi connectivity index (χ1v) is 9.05. The number of carbonyl (C=O) groups is 1. The molecule has 1 N–H and O–H groups in total. The second-order valence-corrected chi connectivity index (χ2v) is 6.97. The smallest absolute Gasteiger partial charge is 0.274 e. The number of amides is 1. The van der Waals surface area contributed by atoms with E-state index in [9.17, 15) is 9.18 Å². The van der Waals surface area contributed by atoms with E-state index in [-0.39, 0.29) is 11.7 Å². The fourth-order valence-electron chi connectivity index (χ4n) is 3.39. The molecule has 0 radical (unpaired) electrons. The van der Waals surface area contributed by atoms with E-state index in [1.54, 1.807) is 23.0 Å². The Morgan fingerprint density at radius 3 is 2.48 bits per heavy atom. The van der Waals surface area contributed by atoms with E-state index in [0.29, 0.717) is 11.4 Å². The summed E-state index contributed by atoms with van der Waals surface area (Å²) in [4.78, 5) is 19.1. The summed E-state index contributed by atoms with van der Waals surface area (Å²) in [6.07, 6.45) is 4.25. The number of hydrogen-bond donors (Lipinski definition) is 1. The molecule has 4 rings (SSSR count). The maximum absolute atomic E-state index is 13.1. The van der Waals surface area contributed by atoms with Crippen LogP contribution in [0.15, 0.2) is 61.1 Å². The molecule has 138 valence electrons. The van der Waals surface area contributed by atoms with E-state index in [0.717, 1.165) is 24.7 Å². The third-order valence-electron chi connectivity index (χ3n) is 4.89. The quantitative estimate of drug-likeness (QED) is 0.758. The molecule has 0 aliphatic carbocycles. The number of nitrogens with zero attached hydrogens (tertiary/aromatic N) is 3. The van der Waals surface area contributed by atoms with Crippen LogP contribution in [-0.4, -0.2) is 28.5 Å². The average molecular weight is 364 g/mol. The molecule has 5 nitrogen and oxygen atoms in total. The number of rotatable bonds is 4. The lowest BCUT2D eigenvalue weighted by Crippen LogP contribution is -2.19. The topological polar surface area (TPSA) is 50.2 Å². The van der Waals surface area contributed by atoms with E-state index in [1.165, 1.54) is 30.4 Å². The van der Waals surface area contributed by atoms with Crippen LogP contribution in [0.25, 0.3) is 5.69 Å². The van der Waals surface area contributed by atoms with Crippen molar-refractivity contribution in [2.75, 3.05) is 23.3 Å². The van der Waals surface area contributed by atoms with Crippen molar-refractivity contribution in [1.82, 2.24) is 9.55 Å². The lowest BCUT2D eigenvalue weighted by atomic mass is 10.2. The number of benzene rings is 2. The minimum atomic E-state index is -0.322. The Morgan fingerprint density at radius 1 is 1.11 bits per heavy atom. The number of nitrogens with one attached hydrogen (secondary N) is 1. The van der Waals surface area contributed by atoms with Crippen LogP contribution in [0.4, 0.5) is 15.8 Å². The molecular formula is C21H21FN4O. The Morgan fingerprint density at radius 2 is 1.81 bits per heavy atom. The number of hydrogen-bond acceptors (Lipinski definition) is 3. The molecule has 1 aliphatic rings. The van der Waals surface area contributed by atoms with Crippen LogP contribution in [0, 0.1) is 11.7 Å². The monoisotopic (exact) mass is 364 g/mol. The number of aromatic nitrogens is 2. The summed E-state index contributed by atoms with van der Waals surface area (Å²) in [5, 5.41) is 2.90. The Labute approximate surface area is 157 Å². The summed E-state index contributed by atoms with van der Waals surface area (Å²) in [7, 11) is 0. The van der Waals surface area contributed by atoms with Gasteiger partial charge >= 0.3 is 0 Å². The third kappa shape index (κ3) is 3.69. The molecule has 1 atom stereocenters. The van der Waals surface area contributed by atoms with Crippen molar-refractivity contribution in [1.29, 1.82) is 0 Å². The van der Waals surface area contributed by atoms with Gasteiger partial charge in [0.05, 0.1) is 12.5 Å². The molecule has 0 bridgehead atoms. The summed E-state index contributed by atoms with van der Waals surface area (Å²) in [6.45, 7) is 4.41. The highest BCUT2D eigenvalue weighted by molar-refractivity contribution is 6.03. The Balaban J connectivity index is 1.48. The molecule has 3 aromatic rings. The van der Waals surface area contributed by atoms with Gasteiger partial charge in [0, 0.05) is 30.2 Å². The van der Waals surface area contributed by atoms with Crippen LogP contribution in [-0.2, 0) is 0 Å². The number of halogens is 1. The van der Waals surface area contributed by atoms with Gasteiger partial charge in [0.25, 0.3) is 5.91 Å². The third-order valence-corrected chi connectivity index (χ3v) is 4.89. The van der Waals surface area contributed by atoms with Crippen LogP contribution in [0.3, 0.4) is 0 Å². The summed E-state index contributed by atoms with van der Waals surface area (Å²) < 4.78 is 14.8. The van der Waals surface area contributed by atoms with E-state index >= 15 is 0 Å². The average Bonchev–Trinajstić information content (AvgIpc) is 3.32. The zero-order valence-corrected chi connectivity index (χ0v) is 15.1.